The number of aromatic nitrogens is 1. The SMILES string of the molecule is CCc1ccccc1-[n+]1c(C)cc(C)c(C)c1C. The first kappa shape index (κ1) is 12.8. The molecule has 0 N–H and O–H groups in total. The maximum atomic E-state index is 2.38. The smallest absolute Gasteiger partial charge is 0.162 e. The second-order valence-corrected chi connectivity index (χ2v) is 5.00. The van der Waals surface area contributed by atoms with Crippen LogP contribution >= 0.6 is 0 Å². The van der Waals surface area contributed by atoms with Crippen molar-refractivity contribution < 1.29 is 4.57 Å². The number of pyridine rings is 1. The van der Waals surface area contributed by atoms with Crippen molar-refractivity contribution >= 4 is 0 Å². The summed E-state index contributed by atoms with van der Waals surface area (Å²) in [4.78, 5) is 0. The van der Waals surface area contributed by atoms with Crippen LogP contribution in [0, 0.1) is 27.7 Å². The zero-order chi connectivity index (χ0) is 13.3. The van der Waals surface area contributed by atoms with Crippen LogP contribution in [0.2, 0.25) is 0 Å². The fourth-order valence-corrected chi connectivity index (χ4v) is 2.60. The lowest BCUT2D eigenvalue weighted by molar-refractivity contribution is -0.610. The van der Waals surface area contributed by atoms with Crippen molar-refractivity contribution in [1.82, 2.24) is 0 Å². The number of nitrogens with zero attached hydrogens (tertiary/aromatic N) is 1. The summed E-state index contributed by atoms with van der Waals surface area (Å²) in [6.07, 6.45) is 1.06. The second-order valence-electron chi connectivity index (χ2n) is 5.00. The Bertz CT molecular complexity index is 582. The van der Waals surface area contributed by atoms with E-state index in [9.17, 15) is 0 Å². The van der Waals surface area contributed by atoms with Gasteiger partial charge >= 0.3 is 0 Å². The zero-order valence-corrected chi connectivity index (χ0v) is 12.0. The summed E-state index contributed by atoms with van der Waals surface area (Å²) in [6.45, 7) is 11.0. The highest BCUT2D eigenvalue weighted by Gasteiger charge is 2.20. The number of hydrogen-bond acceptors (Lipinski definition) is 0. The van der Waals surface area contributed by atoms with E-state index in [0.717, 1.165) is 6.42 Å². The second kappa shape index (κ2) is 4.93. The molecule has 0 unspecified atom stereocenters. The van der Waals surface area contributed by atoms with Gasteiger partial charge in [0.2, 0.25) is 5.69 Å². The summed E-state index contributed by atoms with van der Waals surface area (Å²) in [5.41, 5.74) is 8.11. The fourth-order valence-electron chi connectivity index (χ4n) is 2.60. The van der Waals surface area contributed by atoms with Crippen LogP contribution in [0.25, 0.3) is 5.69 Å². The number of aryl methyl sites for hydroxylation is 3. The zero-order valence-electron chi connectivity index (χ0n) is 12.0. The van der Waals surface area contributed by atoms with Gasteiger partial charge in [-0.05, 0) is 25.8 Å². The van der Waals surface area contributed by atoms with E-state index in [1.165, 1.54) is 33.8 Å². The van der Waals surface area contributed by atoms with Gasteiger partial charge in [-0.25, -0.2) is 0 Å². The van der Waals surface area contributed by atoms with Crippen LogP contribution in [0.15, 0.2) is 30.3 Å². The van der Waals surface area contributed by atoms with Crippen molar-refractivity contribution in [1.29, 1.82) is 0 Å². The Hall–Kier alpha value is -1.63. The van der Waals surface area contributed by atoms with Crippen LogP contribution < -0.4 is 4.57 Å². The lowest BCUT2D eigenvalue weighted by Crippen LogP contribution is -2.39. The van der Waals surface area contributed by atoms with Crippen LogP contribution in [0.5, 0.6) is 0 Å². The molecule has 0 saturated carbocycles. The first-order valence-corrected chi connectivity index (χ1v) is 6.64. The highest BCUT2D eigenvalue weighted by molar-refractivity contribution is 5.36. The maximum absolute atomic E-state index is 2.38. The topological polar surface area (TPSA) is 3.88 Å². The molecule has 0 bridgehead atoms. The van der Waals surface area contributed by atoms with Gasteiger partial charge in [-0.15, -0.1) is 0 Å². The standard InChI is InChI=1S/C17H22N/c1-6-16-9-7-8-10-17(16)18-13(3)11-12(2)14(4)15(18)5/h7-11H,6H2,1-5H3/q+1. The average molecular weight is 240 g/mol. The summed E-state index contributed by atoms with van der Waals surface area (Å²) in [5.74, 6) is 0. The summed E-state index contributed by atoms with van der Waals surface area (Å²) in [7, 11) is 0. The first-order chi connectivity index (χ1) is 8.56. The molecule has 1 nitrogen and oxygen atoms in total. The van der Waals surface area contributed by atoms with Crippen molar-refractivity contribution in [2.75, 3.05) is 0 Å². The number of benzene rings is 1. The molecule has 0 saturated heterocycles. The maximum Gasteiger partial charge on any atom is 0.214 e. The van der Waals surface area contributed by atoms with Gasteiger partial charge in [-0.2, -0.15) is 4.57 Å². The molecular formula is C17H22N+. The molecule has 0 fully saturated rings. The van der Waals surface area contributed by atoms with Crippen molar-refractivity contribution in [3.63, 3.8) is 0 Å². The number of hydrogen-bond donors (Lipinski definition) is 0. The molecule has 1 heteroatoms. The first-order valence-electron chi connectivity index (χ1n) is 6.64. The average Bonchev–Trinajstić information content (AvgIpc) is 2.37. The van der Waals surface area contributed by atoms with Crippen molar-refractivity contribution in [2.45, 2.75) is 41.0 Å². The third-order valence-electron chi connectivity index (χ3n) is 3.86. The largest absolute Gasteiger partial charge is 0.214 e. The van der Waals surface area contributed by atoms with Gasteiger partial charge in [0.1, 0.15) is 0 Å². The molecule has 0 aliphatic rings. The lowest BCUT2D eigenvalue weighted by Gasteiger charge is -2.10. The molecule has 2 aromatic rings. The minimum absolute atomic E-state index is 1.06. The van der Waals surface area contributed by atoms with Crippen molar-refractivity contribution in [3.05, 3.63) is 58.4 Å². The van der Waals surface area contributed by atoms with E-state index >= 15 is 0 Å². The van der Waals surface area contributed by atoms with Gasteiger partial charge in [0.05, 0.1) is 0 Å². The molecular weight excluding hydrogens is 218 g/mol. The van der Waals surface area contributed by atoms with Crippen LogP contribution in [-0.4, -0.2) is 0 Å². The fraction of sp³-hybridized carbons (Fsp3) is 0.353. The summed E-state index contributed by atoms with van der Waals surface area (Å²) >= 11 is 0. The van der Waals surface area contributed by atoms with Crippen molar-refractivity contribution in [3.8, 4) is 5.69 Å². The Kier molecular flexibility index (Phi) is 3.51. The monoisotopic (exact) mass is 240 g/mol. The molecule has 2 rings (SSSR count). The third-order valence-corrected chi connectivity index (χ3v) is 3.86. The predicted molar refractivity (Wildman–Crippen MR) is 76.3 cm³/mol. The molecule has 1 aromatic heterocycles. The molecule has 0 atom stereocenters. The van der Waals surface area contributed by atoms with E-state index in [1.807, 2.05) is 0 Å². The van der Waals surface area contributed by atoms with E-state index in [-0.39, 0.29) is 0 Å². The molecule has 0 amide bonds. The quantitative estimate of drug-likeness (QED) is 0.704. The minimum atomic E-state index is 1.06. The molecule has 1 heterocycles. The van der Waals surface area contributed by atoms with Crippen LogP contribution in [0.1, 0.15) is 35.0 Å². The number of rotatable bonds is 2. The Labute approximate surface area is 110 Å². The van der Waals surface area contributed by atoms with Crippen LogP contribution in [0.3, 0.4) is 0 Å². The minimum Gasteiger partial charge on any atom is -0.162 e. The van der Waals surface area contributed by atoms with E-state index in [2.05, 4.69) is 69.5 Å². The molecule has 94 valence electrons. The van der Waals surface area contributed by atoms with E-state index in [0.29, 0.717) is 0 Å². The predicted octanol–water partition coefficient (Wildman–Crippen LogP) is 3.76. The molecule has 1 aromatic carbocycles. The molecule has 0 aliphatic carbocycles. The van der Waals surface area contributed by atoms with Gasteiger partial charge in [0.15, 0.2) is 11.4 Å². The Morgan fingerprint density at radius 1 is 1.00 bits per heavy atom. The lowest BCUT2D eigenvalue weighted by atomic mass is 10.0. The Morgan fingerprint density at radius 2 is 1.67 bits per heavy atom. The van der Waals surface area contributed by atoms with Crippen LogP contribution in [0.4, 0.5) is 0 Å². The van der Waals surface area contributed by atoms with Gasteiger partial charge < -0.3 is 0 Å². The van der Waals surface area contributed by atoms with E-state index in [4.69, 9.17) is 0 Å². The molecule has 0 aliphatic heterocycles. The summed E-state index contributed by atoms with van der Waals surface area (Å²) in [6, 6.07) is 10.9. The van der Waals surface area contributed by atoms with Gasteiger partial charge in [-0.3, -0.25) is 0 Å². The molecule has 0 radical (unpaired) electrons. The highest BCUT2D eigenvalue weighted by Crippen LogP contribution is 2.16. The Morgan fingerprint density at radius 3 is 2.33 bits per heavy atom. The third kappa shape index (κ3) is 2.05. The van der Waals surface area contributed by atoms with Gasteiger partial charge in [0.25, 0.3) is 0 Å². The molecule has 18 heavy (non-hydrogen) atoms. The van der Waals surface area contributed by atoms with E-state index in [1.54, 1.807) is 0 Å². The van der Waals surface area contributed by atoms with Crippen molar-refractivity contribution in [2.24, 2.45) is 0 Å². The van der Waals surface area contributed by atoms with Gasteiger partial charge in [-0.1, -0.05) is 25.1 Å². The summed E-state index contributed by atoms with van der Waals surface area (Å²) < 4.78 is 2.38. The Balaban J connectivity index is 2.75. The normalized spacial score (nSPS) is 10.7. The van der Waals surface area contributed by atoms with E-state index < -0.39 is 0 Å². The number of para-hydroxylation sites is 1. The van der Waals surface area contributed by atoms with Crippen LogP contribution in [-0.2, 0) is 6.42 Å². The molecule has 0 spiro atoms. The van der Waals surface area contributed by atoms with Gasteiger partial charge in [0, 0.05) is 37.1 Å². The summed E-state index contributed by atoms with van der Waals surface area (Å²) in [5, 5.41) is 0. The highest BCUT2D eigenvalue weighted by atomic mass is 15.0.